The number of benzene rings is 1. The SMILES string of the molecule is Nc1cc2c(C=Cc3ccc(F)cc3)n[nH]c2cn1. The van der Waals surface area contributed by atoms with E-state index in [0.717, 1.165) is 22.2 Å². The van der Waals surface area contributed by atoms with Crippen LogP contribution < -0.4 is 5.73 Å². The standard InChI is InChI=1S/C14H11FN4/c15-10-4-1-9(2-5-10)3-6-12-11-7-14(16)17-8-13(11)19-18-12/h1-8H,(H2,16,17)(H,18,19). The summed E-state index contributed by atoms with van der Waals surface area (Å²) in [6, 6.07) is 8.02. The number of fused-ring (bicyclic) bond motifs is 1. The molecule has 3 rings (SSSR count). The normalized spacial score (nSPS) is 11.4. The number of aromatic amines is 1. The van der Waals surface area contributed by atoms with E-state index in [-0.39, 0.29) is 5.82 Å². The number of hydrogen-bond acceptors (Lipinski definition) is 3. The third-order valence-corrected chi connectivity index (χ3v) is 2.80. The molecule has 3 N–H and O–H groups in total. The maximum Gasteiger partial charge on any atom is 0.124 e. The van der Waals surface area contributed by atoms with Gasteiger partial charge in [-0.2, -0.15) is 5.10 Å². The summed E-state index contributed by atoms with van der Waals surface area (Å²) in [6.07, 6.45) is 5.37. The lowest BCUT2D eigenvalue weighted by atomic mass is 10.1. The first-order chi connectivity index (χ1) is 9.22. The molecule has 2 heterocycles. The Morgan fingerprint density at radius 1 is 1.16 bits per heavy atom. The van der Waals surface area contributed by atoms with Crippen LogP contribution in [0.5, 0.6) is 0 Å². The zero-order valence-electron chi connectivity index (χ0n) is 9.97. The quantitative estimate of drug-likeness (QED) is 0.739. The minimum atomic E-state index is -0.249. The molecular weight excluding hydrogens is 243 g/mol. The third-order valence-electron chi connectivity index (χ3n) is 2.80. The molecule has 0 atom stereocenters. The lowest BCUT2D eigenvalue weighted by Crippen LogP contribution is -1.87. The van der Waals surface area contributed by atoms with Crippen LogP contribution in [0.15, 0.2) is 36.5 Å². The van der Waals surface area contributed by atoms with Crippen LogP contribution >= 0.6 is 0 Å². The van der Waals surface area contributed by atoms with Crippen molar-refractivity contribution in [2.24, 2.45) is 0 Å². The zero-order valence-corrected chi connectivity index (χ0v) is 9.97. The molecule has 0 aliphatic rings. The Bertz CT molecular complexity index is 744. The molecule has 0 aliphatic heterocycles. The molecule has 0 bridgehead atoms. The number of nitrogens with zero attached hydrogens (tertiary/aromatic N) is 2. The molecule has 0 saturated heterocycles. The summed E-state index contributed by atoms with van der Waals surface area (Å²) >= 11 is 0. The van der Waals surface area contributed by atoms with Crippen molar-refractivity contribution in [1.82, 2.24) is 15.2 Å². The molecule has 1 aromatic carbocycles. The van der Waals surface area contributed by atoms with Crippen molar-refractivity contribution in [3.63, 3.8) is 0 Å². The van der Waals surface area contributed by atoms with Crippen LogP contribution in [-0.2, 0) is 0 Å². The van der Waals surface area contributed by atoms with Gasteiger partial charge in [0.2, 0.25) is 0 Å². The van der Waals surface area contributed by atoms with Crippen molar-refractivity contribution in [2.75, 3.05) is 5.73 Å². The monoisotopic (exact) mass is 254 g/mol. The molecule has 94 valence electrons. The number of hydrogen-bond donors (Lipinski definition) is 2. The van der Waals surface area contributed by atoms with E-state index in [2.05, 4.69) is 15.2 Å². The molecule has 5 heteroatoms. The summed E-state index contributed by atoms with van der Waals surface area (Å²) < 4.78 is 12.8. The summed E-state index contributed by atoms with van der Waals surface area (Å²) in [4.78, 5) is 3.99. The maximum absolute atomic E-state index is 12.8. The van der Waals surface area contributed by atoms with Gasteiger partial charge in [-0.05, 0) is 29.8 Å². The van der Waals surface area contributed by atoms with Crippen LogP contribution in [0, 0.1) is 5.82 Å². The van der Waals surface area contributed by atoms with Crippen LogP contribution in [0.4, 0.5) is 10.2 Å². The number of H-pyrrole nitrogens is 1. The number of rotatable bonds is 2. The lowest BCUT2D eigenvalue weighted by molar-refractivity contribution is 0.628. The second-order valence-corrected chi connectivity index (χ2v) is 4.15. The van der Waals surface area contributed by atoms with Crippen molar-refractivity contribution in [1.29, 1.82) is 0 Å². The Labute approximate surface area is 108 Å². The first kappa shape index (κ1) is 11.4. The van der Waals surface area contributed by atoms with Crippen molar-refractivity contribution >= 4 is 28.9 Å². The minimum Gasteiger partial charge on any atom is -0.384 e. The molecule has 0 spiro atoms. The molecule has 3 aromatic rings. The van der Waals surface area contributed by atoms with Gasteiger partial charge in [-0.3, -0.25) is 5.10 Å². The Morgan fingerprint density at radius 3 is 2.74 bits per heavy atom. The van der Waals surface area contributed by atoms with Crippen LogP contribution in [0.3, 0.4) is 0 Å². The second kappa shape index (κ2) is 4.53. The number of anilines is 1. The van der Waals surface area contributed by atoms with Gasteiger partial charge in [-0.15, -0.1) is 0 Å². The average molecular weight is 254 g/mol. The van der Waals surface area contributed by atoms with E-state index in [1.165, 1.54) is 12.1 Å². The predicted octanol–water partition coefficient (Wildman–Crippen LogP) is 2.85. The van der Waals surface area contributed by atoms with E-state index in [0.29, 0.717) is 5.82 Å². The number of aromatic nitrogens is 3. The summed E-state index contributed by atoms with van der Waals surface area (Å²) in [5.74, 6) is 0.201. The molecule has 0 unspecified atom stereocenters. The van der Waals surface area contributed by atoms with Gasteiger partial charge in [-0.25, -0.2) is 9.37 Å². The summed E-state index contributed by atoms with van der Waals surface area (Å²) in [7, 11) is 0. The van der Waals surface area contributed by atoms with E-state index in [4.69, 9.17) is 5.73 Å². The molecule has 19 heavy (non-hydrogen) atoms. The fourth-order valence-corrected chi connectivity index (χ4v) is 1.83. The summed E-state index contributed by atoms with van der Waals surface area (Å²) in [6.45, 7) is 0. The number of nitrogen functional groups attached to an aromatic ring is 1. The average Bonchev–Trinajstić information content (AvgIpc) is 2.80. The van der Waals surface area contributed by atoms with E-state index in [1.807, 2.05) is 12.2 Å². The van der Waals surface area contributed by atoms with Gasteiger partial charge in [0, 0.05) is 5.39 Å². The van der Waals surface area contributed by atoms with Gasteiger partial charge in [0.15, 0.2) is 0 Å². The van der Waals surface area contributed by atoms with Crippen molar-refractivity contribution < 1.29 is 4.39 Å². The van der Waals surface area contributed by atoms with Crippen molar-refractivity contribution in [3.8, 4) is 0 Å². The first-order valence-corrected chi connectivity index (χ1v) is 5.75. The predicted molar refractivity (Wildman–Crippen MR) is 73.6 cm³/mol. The summed E-state index contributed by atoms with van der Waals surface area (Å²) in [5.41, 5.74) is 8.16. The van der Waals surface area contributed by atoms with Gasteiger partial charge in [0.05, 0.1) is 17.4 Å². The fraction of sp³-hybridized carbons (Fsp3) is 0. The molecule has 0 amide bonds. The maximum atomic E-state index is 12.8. The lowest BCUT2D eigenvalue weighted by Gasteiger charge is -1.94. The van der Waals surface area contributed by atoms with E-state index < -0.39 is 0 Å². The first-order valence-electron chi connectivity index (χ1n) is 5.75. The van der Waals surface area contributed by atoms with E-state index in [9.17, 15) is 4.39 Å². The molecule has 0 radical (unpaired) electrons. The van der Waals surface area contributed by atoms with Crippen molar-refractivity contribution in [2.45, 2.75) is 0 Å². The van der Waals surface area contributed by atoms with Gasteiger partial charge in [-0.1, -0.05) is 18.2 Å². The molecule has 0 fully saturated rings. The Hall–Kier alpha value is -2.69. The molecular formula is C14H11FN4. The van der Waals surface area contributed by atoms with Crippen molar-refractivity contribution in [3.05, 3.63) is 53.6 Å². The molecule has 0 saturated carbocycles. The van der Waals surface area contributed by atoms with Crippen LogP contribution in [0.2, 0.25) is 0 Å². The highest BCUT2D eigenvalue weighted by atomic mass is 19.1. The van der Waals surface area contributed by atoms with Crippen LogP contribution in [0.1, 0.15) is 11.3 Å². The number of nitrogens with one attached hydrogen (secondary N) is 1. The highest BCUT2D eigenvalue weighted by molar-refractivity contribution is 5.90. The van der Waals surface area contributed by atoms with Gasteiger partial charge in [0.25, 0.3) is 0 Å². The highest BCUT2D eigenvalue weighted by Crippen LogP contribution is 2.19. The molecule has 0 aliphatic carbocycles. The largest absolute Gasteiger partial charge is 0.384 e. The van der Waals surface area contributed by atoms with Gasteiger partial charge in [0.1, 0.15) is 11.6 Å². The minimum absolute atomic E-state index is 0.249. The highest BCUT2D eigenvalue weighted by Gasteiger charge is 2.03. The number of nitrogens with two attached hydrogens (primary N) is 1. The number of halogens is 1. The second-order valence-electron chi connectivity index (χ2n) is 4.15. The van der Waals surface area contributed by atoms with E-state index in [1.54, 1.807) is 24.4 Å². The summed E-state index contributed by atoms with van der Waals surface area (Å²) in [5, 5.41) is 7.98. The molecule has 2 aromatic heterocycles. The van der Waals surface area contributed by atoms with Gasteiger partial charge >= 0.3 is 0 Å². The fourth-order valence-electron chi connectivity index (χ4n) is 1.83. The molecule has 4 nitrogen and oxygen atoms in total. The third kappa shape index (κ3) is 2.30. The zero-order chi connectivity index (χ0) is 13.2. The topological polar surface area (TPSA) is 67.6 Å². The van der Waals surface area contributed by atoms with Crippen LogP contribution in [-0.4, -0.2) is 15.2 Å². The Morgan fingerprint density at radius 2 is 1.95 bits per heavy atom. The number of pyridine rings is 1. The Kier molecular flexibility index (Phi) is 2.72. The van der Waals surface area contributed by atoms with Gasteiger partial charge < -0.3 is 5.73 Å². The Balaban J connectivity index is 1.96. The van der Waals surface area contributed by atoms with E-state index >= 15 is 0 Å². The van der Waals surface area contributed by atoms with Crippen LogP contribution in [0.25, 0.3) is 23.1 Å². The smallest absolute Gasteiger partial charge is 0.124 e.